The van der Waals surface area contributed by atoms with Gasteiger partial charge in [0, 0.05) is 31.2 Å². The zero-order valence-electron chi connectivity index (χ0n) is 12.6. The van der Waals surface area contributed by atoms with Gasteiger partial charge in [0.15, 0.2) is 0 Å². The highest BCUT2D eigenvalue weighted by molar-refractivity contribution is 4.93. The molecular formula is C16H31N3. The first-order chi connectivity index (χ1) is 9.28. The minimum atomic E-state index is 0.466. The first-order valence-corrected chi connectivity index (χ1v) is 8.51. The molecule has 0 radical (unpaired) electrons. The zero-order chi connectivity index (χ0) is 13.2. The molecule has 0 bridgehead atoms. The van der Waals surface area contributed by atoms with Crippen LogP contribution in [0.1, 0.15) is 51.9 Å². The fourth-order valence-corrected chi connectivity index (χ4v) is 4.63. The second kappa shape index (κ2) is 6.11. The molecule has 0 aromatic rings. The fourth-order valence-electron chi connectivity index (χ4n) is 4.63. The van der Waals surface area contributed by atoms with Gasteiger partial charge < -0.3 is 5.73 Å². The van der Waals surface area contributed by atoms with E-state index in [4.69, 9.17) is 5.73 Å². The van der Waals surface area contributed by atoms with Crippen molar-refractivity contribution >= 4 is 0 Å². The van der Waals surface area contributed by atoms with Crippen LogP contribution in [-0.2, 0) is 0 Å². The van der Waals surface area contributed by atoms with Gasteiger partial charge in [0.2, 0.25) is 0 Å². The van der Waals surface area contributed by atoms with E-state index in [1.807, 2.05) is 0 Å². The van der Waals surface area contributed by atoms with E-state index in [1.165, 1.54) is 71.1 Å². The lowest BCUT2D eigenvalue weighted by Gasteiger charge is -2.35. The molecule has 110 valence electrons. The Balaban J connectivity index is 1.52. The van der Waals surface area contributed by atoms with E-state index < -0.39 is 0 Å². The summed E-state index contributed by atoms with van der Waals surface area (Å²) < 4.78 is 0. The van der Waals surface area contributed by atoms with Crippen molar-refractivity contribution in [1.29, 1.82) is 0 Å². The van der Waals surface area contributed by atoms with E-state index in [1.54, 1.807) is 0 Å². The second-order valence-corrected chi connectivity index (χ2v) is 6.98. The molecule has 3 atom stereocenters. The molecule has 0 amide bonds. The van der Waals surface area contributed by atoms with Crippen molar-refractivity contribution < 1.29 is 0 Å². The fraction of sp³-hybridized carbons (Fsp3) is 1.00. The minimum Gasteiger partial charge on any atom is -0.328 e. The molecule has 0 aromatic heterocycles. The maximum atomic E-state index is 6.02. The second-order valence-electron chi connectivity index (χ2n) is 6.98. The lowest BCUT2D eigenvalue weighted by molar-refractivity contribution is 0.134. The van der Waals surface area contributed by atoms with E-state index >= 15 is 0 Å². The van der Waals surface area contributed by atoms with Crippen LogP contribution in [0.2, 0.25) is 0 Å². The Kier molecular flexibility index (Phi) is 4.45. The minimum absolute atomic E-state index is 0.466. The lowest BCUT2D eigenvalue weighted by Crippen LogP contribution is -2.47. The number of hydrogen-bond acceptors (Lipinski definition) is 3. The average molecular weight is 265 g/mol. The Hall–Kier alpha value is -0.120. The molecule has 1 aliphatic carbocycles. The topological polar surface area (TPSA) is 32.5 Å². The third-order valence-electron chi connectivity index (χ3n) is 5.90. The molecule has 0 aromatic carbocycles. The van der Waals surface area contributed by atoms with E-state index in [2.05, 4.69) is 16.7 Å². The standard InChI is InChI=1S/C16H31N3/c1-2-13-4-3-5-16(13)19-11-8-15(12-19)18-9-6-14(17)7-10-18/h13-16H,2-12,17H2,1H3. The van der Waals surface area contributed by atoms with Crippen LogP contribution in [0.5, 0.6) is 0 Å². The molecule has 3 nitrogen and oxygen atoms in total. The summed E-state index contributed by atoms with van der Waals surface area (Å²) in [4.78, 5) is 5.54. The summed E-state index contributed by atoms with van der Waals surface area (Å²) >= 11 is 0. The Morgan fingerprint density at radius 1 is 0.947 bits per heavy atom. The maximum Gasteiger partial charge on any atom is 0.0235 e. The van der Waals surface area contributed by atoms with Crippen LogP contribution in [0.4, 0.5) is 0 Å². The summed E-state index contributed by atoms with van der Waals surface area (Å²) in [5.74, 6) is 0.980. The van der Waals surface area contributed by atoms with Crippen LogP contribution in [-0.4, -0.2) is 54.1 Å². The van der Waals surface area contributed by atoms with Crippen LogP contribution in [0, 0.1) is 5.92 Å². The quantitative estimate of drug-likeness (QED) is 0.848. The Morgan fingerprint density at radius 3 is 2.42 bits per heavy atom. The van der Waals surface area contributed by atoms with Gasteiger partial charge in [0.05, 0.1) is 0 Å². The number of likely N-dealkylation sites (tertiary alicyclic amines) is 2. The number of nitrogens with two attached hydrogens (primary N) is 1. The van der Waals surface area contributed by atoms with Gasteiger partial charge in [-0.05, 0) is 51.1 Å². The summed E-state index contributed by atoms with van der Waals surface area (Å²) in [6.07, 6.45) is 9.57. The van der Waals surface area contributed by atoms with E-state index in [-0.39, 0.29) is 0 Å². The van der Waals surface area contributed by atoms with Crippen molar-refractivity contribution in [2.24, 2.45) is 11.7 Å². The molecule has 3 fully saturated rings. The Morgan fingerprint density at radius 2 is 1.68 bits per heavy atom. The molecule has 2 aliphatic heterocycles. The summed E-state index contributed by atoms with van der Waals surface area (Å²) in [7, 11) is 0. The van der Waals surface area contributed by atoms with Gasteiger partial charge in [0.1, 0.15) is 0 Å². The highest BCUT2D eigenvalue weighted by Crippen LogP contribution is 2.34. The Labute approximate surface area is 118 Å². The van der Waals surface area contributed by atoms with E-state index in [0.717, 1.165) is 18.0 Å². The normalized spacial score (nSPS) is 39.2. The average Bonchev–Trinajstić information content (AvgIpc) is 3.07. The van der Waals surface area contributed by atoms with E-state index in [0.29, 0.717) is 6.04 Å². The van der Waals surface area contributed by atoms with Gasteiger partial charge in [-0.1, -0.05) is 19.8 Å². The predicted molar refractivity (Wildman–Crippen MR) is 80.2 cm³/mol. The Bertz CT molecular complexity index is 286. The molecule has 2 N–H and O–H groups in total. The third-order valence-corrected chi connectivity index (χ3v) is 5.90. The van der Waals surface area contributed by atoms with Crippen molar-refractivity contribution in [3.63, 3.8) is 0 Å². The highest BCUT2D eigenvalue weighted by Gasteiger charge is 2.37. The lowest BCUT2D eigenvalue weighted by atomic mass is 9.99. The smallest absolute Gasteiger partial charge is 0.0235 e. The summed E-state index contributed by atoms with van der Waals surface area (Å²) in [5.41, 5.74) is 6.02. The van der Waals surface area contributed by atoms with Gasteiger partial charge in [-0.3, -0.25) is 9.80 Å². The predicted octanol–water partition coefficient (Wildman–Crippen LogP) is 2.06. The molecule has 3 aliphatic rings. The molecule has 2 saturated heterocycles. The van der Waals surface area contributed by atoms with Crippen LogP contribution in [0.15, 0.2) is 0 Å². The van der Waals surface area contributed by atoms with Crippen molar-refractivity contribution in [3.05, 3.63) is 0 Å². The SMILES string of the molecule is CCC1CCCC1N1CCC(N2CCC(N)CC2)C1. The molecule has 3 heteroatoms. The third kappa shape index (κ3) is 2.98. The maximum absolute atomic E-state index is 6.02. The van der Waals surface area contributed by atoms with Crippen molar-refractivity contribution in [2.75, 3.05) is 26.2 Å². The van der Waals surface area contributed by atoms with Crippen molar-refractivity contribution in [3.8, 4) is 0 Å². The molecule has 3 rings (SSSR count). The molecule has 1 saturated carbocycles. The van der Waals surface area contributed by atoms with Crippen LogP contribution >= 0.6 is 0 Å². The summed E-state index contributed by atoms with van der Waals surface area (Å²) in [5, 5.41) is 0. The van der Waals surface area contributed by atoms with Gasteiger partial charge in [0.25, 0.3) is 0 Å². The number of hydrogen-bond donors (Lipinski definition) is 1. The summed E-state index contributed by atoms with van der Waals surface area (Å²) in [6.45, 7) is 7.52. The van der Waals surface area contributed by atoms with Gasteiger partial charge >= 0.3 is 0 Å². The van der Waals surface area contributed by atoms with Crippen LogP contribution < -0.4 is 5.73 Å². The monoisotopic (exact) mass is 265 g/mol. The first-order valence-electron chi connectivity index (χ1n) is 8.51. The van der Waals surface area contributed by atoms with Crippen LogP contribution in [0.25, 0.3) is 0 Å². The van der Waals surface area contributed by atoms with Gasteiger partial charge in [-0.2, -0.15) is 0 Å². The number of rotatable bonds is 3. The van der Waals surface area contributed by atoms with E-state index in [9.17, 15) is 0 Å². The summed E-state index contributed by atoms with van der Waals surface area (Å²) in [6, 6.07) is 2.20. The van der Waals surface area contributed by atoms with Crippen molar-refractivity contribution in [2.45, 2.75) is 70.0 Å². The number of nitrogens with zero attached hydrogens (tertiary/aromatic N) is 2. The highest BCUT2D eigenvalue weighted by atomic mass is 15.3. The van der Waals surface area contributed by atoms with Gasteiger partial charge in [-0.15, -0.1) is 0 Å². The van der Waals surface area contributed by atoms with Gasteiger partial charge in [-0.25, -0.2) is 0 Å². The molecule has 3 unspecified atom stereocenters. The van der Waals surface area contributed by atoms with Crippen molar-refractivity contribution in [1.82, 2.24) is 9.80 Å². The molecule has 19 heavy (non-hydrogen) atoms. The first kappa shape index (κ1) is 13.8. The molecule has 0 spiro atoms. The number of piperidine rings is 1. The molecular weight excluding hydrogens is 234 g/mol. The molecule has 2 heterocycles. The largest absolute Gasteiger partial charge is 0.328 e. The van der Waals surface area contributed by atoms with Crippen LogP contribution in [0.3, 0.4) is 0 Å². The zero-order valence-corrected chi connectivity index (χ0v) is 12.6.